The van der Waals surface area contributed by atoms with E-state index < -0.39 is 4.92 Å². The number of ether oxygens (including phenoxy) is 4. The first-order valence-electron chi connectivity index (χ1n) is 14.5. The zero-order valence-electron chi connectivity index (χ0n) is 26.6. The van der Waals surface area contributed by atoms with Crippen molar-refractivity contribution in [2.45, 2.75) is 52.7 Å². The van der Waals surface area contributed by atoms with E-state index in [0.29, 0.717) is 47.2 Å². The molecule has 1 amide bonds. The Labute approximate surface area is 266 Å². The first-order chi connectivity index (χ1) is 20.5. The van der Waals surface area contributed by atoms with E-state index in [2.05, 4.69) is 11.9 Å². The van der Waals surface area contributed by atoms with Crippen LogP contribution in [0.25, 0.3) is 0 Å². The summed E-state index contributed by atoms with van der Waals surface area (Å²) in [6, 6.07) is 17.1. The molecule has 0 atom stereocenters. The molecule has 44 heavy (non-hydrogen) atoms. The molecular weight excluding hydrogens is 586 g/mol. The molecule has 10 nitrogen and oxygen atoms in total. The minimum Gasteiger partial charge on any atom is -0.493 e. The van der Waals surface area contributed by atoms with Gasteiger partial charge in [-0.2, -0.15) is 0 Å². The van der Waals surface area contributed by atoms with Crippen LogP contribution in [0.2, 0.25) is 0 Å². The SMILES string of the molecule is COc1ccc(CCN(C)CCCN(C(=O)c2ccc([N+](=O)[O-])cc2)c2ccc(OC(C)C)c(OC(C)C)c2)cc1OC.Cl. The monoisotopic (exact) mass is 629 g/mol. The number of amides is 1. The number of anilines is 1. The molecule has 0 saturated heterocycles. The van der Waals surface area contributed by atoms with Gasteiger partial charge in [0.2, 0.25) is 0 Å². The van der Waals surface area contributed by atoms with Crippen LogP contribution in [0.3, 0.4) is 0 Å². The summed E-state index contributed by atoms with van der Waals surface area (Å²) < 4.78 is 22.8. The van der Waals surface area contributed by atoms with Gasteiger partial charge in [-0.05, 0) is 96.1 Å². The molecule has 0 aromatic heterocycles. The summed E-state index contributed by atoms with van der Waals surface area (Å²) in [5.41, 5.74) is 2.09. The van der Waals surface area contributed by atoms with Crippen molar-refractivity contribution in [3.05, 3.63) is 81.9 Å². The Bertz CT molecular complexity index is 1370. The number of halogens is 1. The highest BCUT2D eigenvalue weighted by Crippen LogP contribution is 2.34. The topological polar surface area (TPSA) is 104 Å². The van der Waals surface area contributed by atoms with Gasteiger partial charge >= 0.3 is 0 Å². The Morgan fingerprint density at radius 1 is 0.795 bits per heavy atom. The highest BCUT2D eigenvalue weighted by molar-refractivity contribution is 6.06. The van der Waals surface area contributed by atoms with Crippen LogP contribution in [0, 0.1) is 10.1 Å². The van der Waals surface area contributed by atoms with E-state index in [1.54, 1.807) is 19.1 Å². The number of nitro benzene ring substituents is 1. The number of carbonyl (C=O) groups is 1. The third-order valence-electron chi connectivity index (χ3n) is 6.69. The second-order valence-electron chi connectivity index (χ2n) is 10.8. The largest absolute Gasteiger partial charge is 0.493 e. The van der Waals surface area contributed by atoms with Crippen LogP contribution in [0.1, 0.15) is 50.0 Å². The van der Waals surface area contributed by atoms with Crippen LogP contribution in [0.4, 0.5) is 11.4 Å². The minimum atomic E-state index is -0.479. The number of nitrogens with zero attached hydrogens (tertiary/aromatic N) is 3. The lowest BCUT2D eigenvalue weighted by Gasteiger charge is -2.26. The molecule has 0 aliphatic heterocycles. The fourth-order valence-electron chi connectivity index (χ4n) is 4.56. The van der Waals surface area contributed by atoms with Crippen molar-refractivity contribution < 1.29 is 28.7 Å². The van der Waals surface area contributed by atoms with E-state index in [9.17, 15) is 14.9 Å². The standard InChI is InChI=1S/C33H43N3O7.ClH/c1-23(2)42-30-16-14-28(22-32(30)43-24(3)4)35(33(37)26-10-12-27(13-11-26)36(38)39)19-8-18-34(5)20-17-25-9-15-29(40-6)31(21-25)41-7;/h9-16,21-24H,8,17-20H2,1-7H3;1H. The molecule has 11 heteroatoms. The summed E-state index contributed by atoms with van der Waals surface area (Å²) in [5, 5.41) is 11.1. The lowest BCUT2D eigenvalue weighted by atomic mass is 10.1. The lowest BCUT2D eigenvalue weighted by Crippen LogP contribution is -2.34. The predicted octanol–water partition coefficient (Wildman–Crippen LogP) is 6.82. The second kappa shape index (κ2) is 17.3. The van der Waals surface area contributed by atoms with Crippen LogP contribution >= 0.6 is 12.4 Å². The van der Waals surface area contributed by atoms with Crippen molar-refractivity contribution in [2.75, 3.05) is 45.8 Å². The maximum atomic E-state index is 13.8. The quantitative estimate of drug-likeness (QED) is 0.126. The van der Waals surface area contributed by atoms with E-state index in [-0.39, 0.29) is 36.2 Å². The third kappa shape index (κ3) is 10.3. The summed E-state index contributed by atoms with van der Waals surface area (Å²) in [5.74, 6) is 2.30. The van der Waals surface area contributed by atoms with Crippen LogP contribution in [0.5, 0.6) is 23.0 Å². The van der Waals surface area contributed by atoms with Gasteiger partial charge in [0.15, 0.2) is 23.0 Å². The highest BCUT2D eigenvalue weighted by atomic mass is 35.5. The molecule has 240 valence electrons. The maximum Gasteiger partial charge on any atom is 0.269 e. The molecule has 0 bridgehead atoms. The average molecular weight is 630 g/mol. The number of nitro groups is 1. The van der Waals surface area contributed by atoms with Gasteiger partial charge in [-0.25, -0.2) is 0 Å². The zero-order valence-corrected chi connectivity index (χ0v) is 27.4. The van der Waals surface area contributed by atoms with Crippen molar-refractivity contribution in [3.8, 4) is 23.0 Å². The molecule has 0 spiro atoms. The molecule has 3 aromatic carbocycles. The lowest BCUT2D eigenvalue weighted by molar-refractivity contribution is -0.384. The Balaban J connectivity index is 0.00000675. The number of hydrogen-bond donors (Lipinski definition) is 0. The highest BCUT2D eigenvalue weighted by Gasteiger charge is 2.21. The molecule has 0 N–H and O–H groups in total. The molecule has 0 heterocycles. The van der Waals surface area contributed by atoms with Gasteiger partial charge in [-0.3, -0.25) is 14.9 Å². The maximum absolute atomic E-state index is 13.8. The van der Waals surface area contributed by atoms with E-state index >= 15 is 0 Å². The number of hydrogen-bond acceptors (Lipinski definition) is 8. The molecule has 0 saturated carbocycles. The second-order valence-corrected chi connectivity index (χ2v) is 10.8. The predicted molar refractivity (Wildman–Crippen MR) is 175 cm³/mol. The molecule has 3 aromatic rings. The number of likely N-dealkylation sites (N-methyl/N-ethyl adjacent to an activating group) is 1. The molecular formula is C33H44ClN3O7. The van der Waals surface area contributed by atoms with Gasteiger partial charge in [-0.1, -0.05) is 6.07 Å². The number of methoxy groups -OCH3 is 2. The Kier molecular flexibility index (Phi) is 14.2. The molecule has 0 radical (unpaired) electrons. The number of carbonyl (C=O) groups excluding carboxylic acids is 1. The van der Waals surface area contributed by atoms with Crippen LogP contribution in [0.15, 0.2) is 60.7 Å². The summed E-state index contributed by atoms with van der Waals surface area (Å²) in [7, 11) is 5.29. The van der Waals surface area contributed by atoms with Gasteiger partial charge in [0.25, 0.3) is 11.6 Å². The number of benzene rings is 3. The van der Waals surface area contributed by atoms with Gasteiger partial charge in [-0.15, -0.1) is 12.4 Å². The molecule has 0 aliphatic carbocycles. The van der Waals surface area contributed by atoms with Crippen molar-refractivity contribution in [2.24, 2.45) is 0 Å². The van der Waals surface area contributed by atoms with Crippen LogP contribution < -0.4 is 23.8 Å². The Morgan fingerprint density at radius 3 is 2.00 bits per heavy atom. The van der Waals surface area contributed by atoms with Crippen molar-refractivity contribution in [1.29, 1.82) is 0 Å². The first-order valence-corrected chi connectivity index (χ1v) is 14.5. The molecule has 0 unspecified atom stereocenters. The van der Waals surface area contributed by atoms with Crippen molar-refractivity contribution in [1.82, 2.24) is 4.90 Å². The van der Waals surface area contributed by atoms with E-state index in [1.165, 1.54) is 24.3 Å². The Hall–Kier alpha value is -4.02. The van der Waals surface area contributed by atoms with Gasteiger partial charge < -0.3 is 28.7 Å². The third-order valence-corrected chi connectivity index (χ3v) is 6.69. The van der Waals surface area contributed by atoms with Gasteiger partial charge in [0.05, 0.1) is 31.4 Å². The average Bonchev–Trinajstić information content (AvgIpc) is 2.98. The van der Waals surface area contributed by atoms with Crippen LogP contribution in [-0.4, -0.2) is 68.8 Å². The summed E-state index contributed by atoms with van der Waals surface area (Å²) in [4.78, 5) is 28.4. The smallest absolute Gasteiger partial charge is 0.269 e. The van der Waals surface area contributed by atoms with Crippen molar-refractivity contribution in [3.63, 3.8) is 0 Å². The van der Waals surface area contributed by atoms with E-state index in [1.807, 2.05) is 64.1 Å². The first kappa shape index (κ1) is 36.2. The fourth-order valence-corrected chi connectivity index (χ4v) is 4.56. The Morgan fingerprint density at radius 2 is 1.41 bits per heavy atom. The molecule has 3 rings (SSSR count). The van der Waals surface area contributed by atoms with Crippen LogP contribution in [-0.2, 0) is 6.42 Å². The van der Waals surface area contributed by atoms with Crippen molar-refractivity contribution >= 4 is 29.7 Å². The normalized spacial score (nSPS) is 10.9. The van der Waals surface area contributed by atoms with E-state index in [4.69, 9.17) is 18.9 Å². The number of non-ortho nitro benzene ring substituents is 1. The zero-order chi connectivity index (χ0) is 31.5. The molecule has 0 fully saturated rings. The summed E-state index contributed by atoms with van der Waals surface area (Å²) >= 11 is 0. The fraction of sp³-hybridized carbons (Fsp3) is 0.424. The summed E-state index contributed by atoms with van der Waals surface area (Å²) in [6.07, 6.45) is 1.39. The van der Waals surface area contributed by atoms with Gasteiger partial charge in [0.1, 0.15) is 0 Å². The number of rotatable bonds is 16. The molecule has 0 aliphatic rings. The van der Waals surface area contributed by atoms with E-state index in [0.717, 1.165) is 25.1 Å². The van der Waals surface area contributed by atoms with Gasteiger partial charge in [0, 0.05) is 42.5 Å². The summed E-state index contributed by atoms with van der Waals surface area (Å²) in [6.45, 7) is 9.76. The minimum absolute atomic E-state index is 0.